The van der Waals surface area contributed by atoms with Gasteiger partial charge in [0.15, 0.2) is 0 Å². The molecule has 1 amide bonds. The molecule has 9 heteroatoms. The van der Waals surface area contributed by atoms with E-state index in [2.05, 4.69) is 36.3 Å². The molecule has 29 heavy (non-hydrogen) atoms. The molecule has 0 radical (unpaired) electrons. The van der Waals surface area contributed by atoms with Crippen molar-refractivity contribution in [3.8, 4) is 0 Å². The number of hydrogen-bond acceptors (Lipinski definition) is 5. The Hall–Kier alpha value is -2.13. The molecular weight excluding hydrogens is 397 g/mol. The minimum atomic E-state index is -3.51. The lowest BCUT2D eigenvalue weighted by molar-refractivity contribution is -0.115. The topological polar surface area (TPSA) is 96.5 Å². The third-order valence-electron chi connectivity index (χ3n) is 5.59. The number of halogens is 1. The summed E-state index contributed by atoms with van der Waals surface area (Å²) in [6.07, 6.45) is 6.39. The van der Waals surface area contributed by atoms with E-state index in [0.717, 1.165) is 38.0 Å². The van der Waals surface area contributed by atoms with Gasteiger partial charge in [-0.3, -0.25) is 19.8 Å². The average Bonchev–Trinajstić information content (AvgIpc) is 3.00. The van der Waals surface area contributed by atoms with Gasteiger partial charge < -0.3 is 5.32 Å². The highest BCUT2D eigenvalue weighted by Gasteiger charge is 2.42. The van der Waals surface area contributed by atoms with Crippen molar-refractivity contribution >= 4 is 27.3 Å². The number of hydrogen-bond donors (Lipinski definition) is 3. The Morgan fingerprint density at radius 1 is 1.28 bits per heavy atom. The molecule has 3 N–H and O–H groups in total. The van der Waals surface area contributed by atoms with Gasteiger partial charge in [-0.05, 0) is 61.3 Å². The van der Waals surface area contributed by atoms with Crippen molar-refractivity contribution in [2.24, 2.45) is 11.3 Å². The summed E-state index contributed by atoms with van der Waals surface area (Å²) in [4.78, 5) is 18.3. The summed E-state index contributed by atoms with van der Waals surface area (Å²) in [6, 6.07) is 3.60. The standard InChI is InChI=1S/C20H28FN3O4S/c1-19(2,3)13-7-9-20(10-8-13)12-17(23-28-20)18(25)22-16-11-14(5-6-15(16)21)24-29(4,26)27/h5-6,11-13,23-24H,7-10H2,1-4H3,(H,22,25). The number of amides is 1. The second kappa shape index (κ2) is 7.60. The van der Waals surface area contributed by atoms with E-state index in [9.17, 15) is 17.6 Å². The first-order valence-electron chi connectivity index (χ1n) is 9.62. The molecule has 0 saturated heterocycles. The van der Waals surface area contributed by atoms with E-state index in [0.29, 0.717) is 5.92 Å². The predicted octanol–water partition coefficient (Wildman–Crippen LogP) is 3.53. The summed E-state index contributed by atoms with van der Waals surface area (Å²) in [7, 11) is -3.51. The van der Waals surface area contributed by atoms with Crippen LogP contribution in [0, 0.1) is 17.2 Å². The lowest BCUT2D eigenvalue weighted by Gasteiger charge is -2.40. The third-order valence-corrected chi connectivity index (χ3v) is 6.20. The van der Waals surface area contributed by atoms with Crippen molar-refractivity contribution in [3.63, 3.8) is 0 Å². The van der Waals surface area contributed by atoms with Crippen LogP contribution in [0.15, 0.2) is 30.0 Å². The number of nitrogens with one attached hydrogen (secondary N) is 3. The lowest BCUT2D eigenvalue weighted by atomic mass is 9.68. The zero-order valence-corrected chi connectivity index (χ0v) is 18.0. The molecule has 0 aromatic heterocycles. The minimum Gasteiger partial charge on any atom is -0.318 e. The molecule has 1 saturated carbocycles. The van der Waals surface area contributed by atoms with Crippen LogP contribution in [0.4, 0.5) is 15.8 Å². The maximum absolute atomic E-state index is 14.1. The average molecular weight is 426 g/mol. The molecule has 7 nitrogen and oxygen atoms in total. The van der Waals surface area contributed by atoms with E-state index in [1.807, 2.05) is 0 Å². The molecule has 2 aliphatic rings. The van der Waals surface area contributed by atoms with Crippen LogP contribution in [0.2, 0.25) is 0 Å². The third kappa shape index (κ3) is 5.27. The normalized spacial score (nSPS) is 24.7. The Balaban J connectivity index is 1.69. The van der Waals surface area contributed by atoms with E-state index in [4.69, 9.17) is 4.84 Å². The van der Waals surface area contributed by atoms with Gasteiger partial charge in [-0.1, -0.05) is 20.8 Å². The quantitative estimate of drug-likeness (QED) is 0.686. The number of hydroxylamine groups is 1. The van der Waals surface area contributed by atoms with Gasteiger partial charge in [0, 0.05) is 0 Å². The molecule has 0 unspecified atom stereocenters. The van der Waals surface area contributed by atoms with E-state index in [-0.39, 0.29) is 22.5 Å². The second-order valence-corrected chi connectivity index (χ2v) is 10.7. The van der Waals surface area contributed by atoms with Crippen molar-refractivity contribution < 1.29 is 22.4 Å². The molecule has 0 atom stereocenters. The monoisotopic (exact) mass is 425 g/mol. The molecule has 1 aromatic carbocycles. The lowest BCUT2D eigenvalue weighted by Crippen LogP contribution is -2.37. The molecule has 0 bridgehead atoms. The summed E-state index contributed by atoms with van der Waals surface area (Å²) >= 11 is 0. The first-order chi connectivity index (χ1) is 13.4. The van der Waals surface area contributed by atoms with Crippen LogP contribution < -0.4 is 15.5 Å². The van der Waals surface area contributed by atoms with E-state index in [1.54, 1.807) is 6.08 Å². The summed E-state index contributed by atoms with van der Waals surface area (Å²) in [5.74, 6) is -0.616. The van der Waals surface area contributed by atoms with Gasteiger partial charge in [0.05, 0.1) is 17.6 Å². The zero-order chi connectivity index (χ0) is 21.4. The number of sulfonamides is 1. The fraction of sp³-hybridized carbons (Fsp3) is 0.550. The van der Waals surface area contributed by atoms with E-state index < -0.39 is 27.3 Å². The number of rotatable bonds is 4. The molecule has 160 valence electrons. The van der Waals surface area contributed by atoms with Crippen molar-refractivity contribution in [1.29, 1.82) is 0 Å². The van der Waals surface area contributed by atoms with Gasteiger partial charge in [-0.15, -0.1) is 0 Å². The summed E-state index contributed by atoms with van der Waals surface area (Å²) in [6.45, 7) is 6.71. The molecule has 1 fully saturated rings. The Bertz CT molecular complexity index is 930. The Kier molecular flexibility index (Phi) is 5.66. The molecular formula is C20H28FN3O4S. The molecule has 1 aliphatic carbocycles. The fourth-order valence-corrected chi connectivity index (χ4v) is 4.45. The van der Waals surface area contributed by atoms with Crippen LogP contribution in [-0.4, -0.2) is 26.2 Å². The Morgan fingerprint density at radius 2 is 1.93 bits per heavy atom. The number of carbonyl (C=O) groups is 1. The molecule has 1 spiro atoms. The van der Waals surface area contributed by atoms with Gasteiger partial charge in [0.25, 0.3) is 5.91 Å². The predicted molar refractivity (Wildman–Crippen MR) is 110 cm³/mol. The van der Waals surface area contributed by atoms with Gasteiger partial charge >= 0.3 is 0 Å². The smallest absolute Gasteiger partial charge is 0.273 e. The van der Waals surface area contributed by atoms with Crippen LogP contribution in [0.3, 0.4) is 0 Å². The minimum absolute atomic E-state index is 0.122. The van der Waals surface area contributed by atoms with Crippen LogP contribution in [0.5, 0.6) is 0 Å². The Labute approximate surface area is 171 Å². The zero-order valence-electron chi connectivity index (χ0n) is 17.1. The first kappa shape index (κ1) is 21.6. The second-order valence-electron chi connectivity index (χ2n) is 8.99. The molecule has 3 rings (SSSR count). The highest BCUT2D eigenvalue weighted by molar-refractivity contribution is 7.92. The summed E-state index contributed by atoms with van der Waals surface area (Å²) in [5.41, 5.74) is 2.65. The van der Waals surface area contributed by atoms with Gasteiger partial charge in [0.1, 0.15) is 17.1 Å². The van der Waals surface area contributed by atoms with Crippen LogP contribution in [-0.2, 0) is 19.7 Å². The maximum Gasteiger partial charge on any atom is 0.273 e. The highest BCUT2D eigenvalue weighted by atomic mass is 32.2. The van der Waals surface area contributed by atoms with Crippen molar-refractivity contribution in [3.05, 3.63) is 35.8 Å². The van der Waals surface area contributed by atoms with Crippen LogP contribution >= 0.6 is 0 Å². The molecule has 1 aromatic rings. The largest absolute Gasteiger partial charge is 0.318 e. The Morgan fingerprint density at radius 3 is 2.52 bits per heavy atom. The van der Waals surface area contributed by atoms with Crippen molar-refractivity contribution in [2.75, 3.05) is 16.3 Å². The summed E-state index contributed by atoms with van der Waals surface area (Å²) < 4.78 is 39.1. The summed E-state index contributed by atoms with van der Waals surface area (Å²) in [5, 5.41) is 2.47. The van der Waals surface area contributed by atoms with Gasteiger partial charge in [0.2, 0.25) is 10.0 Å². The first-order valence-corrected chi connectivity index (χ1v) is 11.5. The van der Waals surface area contributed by atoms with Gasteiger partial charge in [-0.25, -0.2) is 12.8 Å². The number of benzene rings is 1. The fourth-order valence-electron chi connectivity index (χ4n) is 3.90. The van der Waals surface area contributed by atoms with E-state index >= 15 is 0 Å². The highest BCUT2D eigenvalue weighted by Crippen LogP contribution is 2.44. The van der Waals surface area contributed by atoms with Crippen LogP contribution in [0.25, 0.3) is 0 Å². The number of anilines is 2. The molecule has 1 heterocycles. The SMILES string of the molecule is CC(C)(C)C1CCC2(C=C(C(=O)Nc3cc(NS(C)(=O)=O)ccc3F)NO2)CC1. The maximum atomic E-state index is 14.1. The number of carbonyl (C=O) groups excluding carboxylic acids is 1. The van der Waals surface area contributed by atoms with Gasteiger partial charge in [-0.2, -0.15) is 0 Å². The molecule has 1 aliphatic heterocycles. The van der Waals surface area contributed by atoms with Crippen LogP contribution in [0.1, 0.15) is 46.5 Å². The van der Waals surface area contributed by atoms with E-state index in [1.165, 1.54) is 12.1 Å². The van der Waals surface area contributed by atoms with Crippen molar-refractivity contribution in [2.45, 2.75) is 52.1 Å². The van der Waals surface area contributed by atoms with Crippen molar-refractivity contribution in [1.82, 2.24) is 5.48 Å².